The van der Waals surface area contributed by atoms with Crippen LogP contribution < -0.4 is 5.73 Å². The Labute approximate surface area is 195 Å². The second-order valence-corrected chi connectivity index (χ2v) is 8.22. The minimum atomic E-state index is -0.299. The Balaban J connectivity index is 1.60. The maximum absolute atomic E-state index is 13.6. The lowest BCUT2D eigenvalue weighted by atomic mass is 10.1. The fraction of sp³-hybridized carbons (Fsp3) is 0.208. The number of hydrogen-bond donors (Lipinski definition) is 3. The van der Waals surface area contributed by atoms with Crippen LogP contribution in [0.1, 0.15) is 28.9 Å². The smallest absolute Gasteiger partial charge is 0.273 e. The number of carbonyl (C=O) groups excluding carboxylic acids is 1. The molecule has 0 fully saturated rings. The van der Waals surface area contributed by atoms with Crippen molar-refractivity contribution in [2.75, 3.05) is 12.8 Å². The number of fused-ring (bicyclic) bond motifs is 2. The van der Waals surface area contributed by atoms with Gasteiger partial charge in [0.25, 0.3) is 5.91 Å². The van der Waals surface area contributed by atoms with Gasteiger partial charge in [-0.25, -0.2) is 15.0 Å². The third kappa shape index (κ3) is 3.58. The number of nitrogens with zero attached hydrogens (tertiary/aromatic N) is 6. The van der Waals surface area contributed by atoms with Crippen molar-refractivity contribution < 1.29 is 9.90 Å². The Morgan fingerprint density at radius 3 is 2.76 bits per heavy atom. The maximum atomic E-state index is 13.6. The Hall–Kier alpha value is -4.47. The quantitative estimate of drug-likeness (QED) is 0.345. The number of phenolic OH excluding ortho intramolecular Hbond substituents is 1. The van der Waals surface area contributed by atoms with Crippen LogP contribution in [0, 0.1) is 0 Å². The van der Waals surface area contributed by atoms with Gasteiger partial charge in [0.05, 0.1) is 29.5 Å². The third-order valence-corrected chi connectivity index (χ3v) is 5.97. The summed E-state index contributed by atoms with van der Waals surface area (Å²) in [6.45, 7) is 2.39. The SMILES string of the molecule is CCc1ncc(CN(C)C(=O)c2nc(-c3cc(N)c4c[nH]nc4c3)nc3ccc(O)cc23)n1C. The van der Waals surface area contributed by atoms with Gasteiger partial charge in [-0.2, -0.15) is 5.10 Å². The predicted molar refractivity (Wildman–Crippen MR) is 129 cm³/mol. The summed E-state index contributed by atoms with van der Waals surface area (Å²) in [5.74, 6) is 1.02. The fourth-order valence-corrected chi connectivity index (χ4v) is 4.07. The summed E-state index contributed by atoms with van der Waals surface area (Å²) in [6.07, 6.45) is 4.31. The van der Waals surface area contributed by atoms with Crippen LogP contribution in [0.5, 0.6) is 5.75 Å². The van der Waals surface area contributed by atoms with Gasteiger partial charge in [-0.05, 0) is 30.3 Å². The molecule has 172 valence electrons. The zero-order chi connectivity index (χ0) is 24.0. The zero-order valence-corrected chi connectivity index (χ0v) is 19.1. The highest BCUT2D eigenvalue weighted by atomic mass is 16.3. The van der Waals surface area contributed by atoms with E-state index in [2.05, 4.69) is 25.1 Å². The van der Waals surface area contributed by atoms with E-state index in [1.165, 1.54) is 12.1 Å². The number of rotatable bonds is 5. The summed E-state index contributed by atoms with van der Waals surface area (Å²) in [5.41, 5.74) is 9.69. The largest absolute Gasteiger partial charge is 0.508 e. The van der Waals surface area contributed by atoms with Gasteiger partial charge < -0.3 is 20.3 Å². The first-order chi connectivity index (χ1) is 16.4. The van der Waals surface area contributed by atoms with Crippen LogP contribution in [0.3, 0.4) is 0 Å². The first-order valence-corrected chi connectivity index (χ1v) is 10.8. The molecule has 0 radical (unpaired) electrons. The van der Waals surface area contributed by atoms with Crippen LogP contribution in [0.4, 0.5) is 5.69 Å². The number of imidazole rings is 1. The molecule has 0 saturated heterocycles. The second-order valence-electron chi connectivity index (χ2n) is 8.22. The first-order valence-electron chi connectivity index (χ1n) is 10.8. The van der Waals surface area contributed by atoms with E-state index in [1.807, 2.05) is 24.6 Å². The molecule has 0 aliphatic heterocycles. The van der Waals surface area contributed by atoms with Crippen molar-refractivity contribution in [1.82, 2.24) is 34.6 Å². The molecule has 0 aliphatic rings. The Bertz CT molecular complexity index is 1550. The highest BCUT2D eigenvalue weighted by Gasteiger charge is 2.21. The van der Waals surface area contributed by atoms with E-state index >= 15 is 0 Å². The molecular formula is C24H24N8O2. The summed E-state index contributed by atoms with van der Waals surface area (Å²) >= 11 is 0. The summed E-state index contributed by atoms with van der Waals surface area (Å²) in [6, 6.07) is 8.29. The number of hydrogen-bond acceptors (Lipinski definition) is 7. The van der Waals surface area contributed by atoms with Gasteiger partial charge in [-0.3, -0.25) is 9.89 Å². The molecule has 3 aromatic heterocycles. The van der Waals surface area contributed by atoms with Gasteiger partial charge >= 0.3 is 0 Å². The van der Waals surface area contributed by atoms with Crippen molar-refractivity contribution in [3.8, 4) is 17.1 Å². The number of aromatic hydroxyl groups is 1. The summed E-state index contributed by atoms with van der Waals surface area (Å²) in [4.78, 5) is 28.8. The number of benzene rings is 2. The lowest BCUT2D eigenvalue weighted by molar-refractivity contribution is 0.0778. The number of nitrogens with one attached hydrogen (secondary N) is 1. The number of nitrogens with two attached hydrogens (primary N) is 1. The van der Waals surface area contributed by atoms with Gasteiger partial charge in [0.1, 0.15) is 17.3 Å². The number of aromatic amines is 1. The summed E-state index contributed by atoms with van der Waals surface area (Å²) in [5, 5.41) is 18.4. The monoisotopic (exact) mass is 456 g/mol. The zero-order valence-electron chi connectivity index (χ0n) is 19.1. The second kappa shape index (κ2) is 8.14. The number of aryl methyl sites for hydroxylation is 1. The minimum absolute atomic E-state index is 0.0296. The molecule has 10 heteroatoms. The Morgan fingerprint density at radius 2 is 2.00 bits per heavy atom. The molecule has 2 aromatic carbocycles. The van der Waals surface area contributed by atoms with Crippen LogP contribution in [0.25, 0.3) is 33.2 Å². The van der Waals surface area contributed by atoms with Gasteiger partial charge in [0.2, 0.25) is 0 Å². The van der Waals surface area contributed by atoms with Crippen molar-refractivity contribution in [1.29, 1.82) is 0 Å². The van der Waals surface area contributed by atoms with Gasteiger partial charge in [0, 0.05) is 48.7 Å². The van der Waals surface area contributed by atoms with Crippen LogP contribution in [-0.4, -0.2) is 52.7 Å². The molecule has 0 unspecified atom stereocenters. The first kappa shape index (κ1) is 21.4. The summed E-state index contributed by atoms with van der Waals surface area (Å²) in [7, 11) is 3.65. The van der Waals surface area contributed by atoms with Crippen LogP contribution >= 0.6 is 0 Å². The molecule has 4 N–H and O–H groups in total. The molecule has 0 saturated carbocycles. The van der Waals surface area contributed by atoms with Crippen LogP contribution in [0.15, 0.2) is 42.7 Å². The van der Waals surface area contributed by atoms with E-state index in [9.17, 15) is 9.90 Å². The van der Waals surface area contributed by atoms with Gasteiger partial charge in [-0.1, -0.05) is 6.92 Å². The molecule has 5 rings (SSSR count). The number of anilines is 1. The number of aromatic nitrogens is 6. The fourth-order valence-electron chi connectivity index (χ4n) is 4.07. The van der Waals surface area contributed by atoms with Crippen LogP contribution in [-0.2, 0) is 20.0 Å². The van der Waals surface area contributed by atoms with Gasteiger partial charge in [-0.15, -0.1) is 0 Å². The third-order valence-electron chi connectivity index (χ3n) is 5.97. The average molecular weight is 457 g/mol. The minimum Gasteiger partial charge on any atom is -0.508 e. The van der Waals surface area contributed by atoms with Gasteiger partial charge in [0.15, 0.2) is 5.82 Å². The molecule has 0 aliphatic carbocycles. The molecule has 3 heterocycles. The van der Waals surface area contributed by atoms with Crippen LogP contribution in [0.2, 0.25) is 0 Å². The van der Waals surface area contributed by atoms with E-state index in [1.54, 1.807) is 36.5 Å². The molecule has 1 amide bonds. The molecule has 34 heavy (non-hydrogen) atoms. The predicted octanol–water partition coefficient (Wildman–Crippen LogP) is 3.03. The average Bonchev–Trinajstić information content (AvgIpc) is 3.44. The normalized spacial score (nSPS) is 11.4. The highest BCUT2D eigenvalue weighted by Crippen LogP contribution is 2.29. The molecular weight excluding hydrogens is 432 g/mol. The highest BCUT2D eigenvalue weighted by molar-refractivity contribution is 6.05. The number of phenols is 1. The maximum Gasteiger partial charge on any atom is 0.273 e. The molecule has 5 aromatic rings. The van der Waals surface area contributed by atoms with E-state index in [0.717, 1.165) is 23.3 Å². The number of nitrogen functional groups attached to an aromatic ring is 1. The number of amides is 1. The van der Waals surface area contributed by atoms with Crippen molar-refractivity contribution in [2.45, 2.75) is 19.9 Å². The lowest BCUT2D eigenvalue weighted by Crippen LogP contribution is -2.28. The van der Waals surface area contributed by atoms with Crippen molar-refractivity contribution in [2.24, 2.45) is 7.05 Å². The molecule has 0 atom stereocenters. The molecule has 10 nitrogen and oxygen atoms in total. The number of carbonyl (C=O) groups is 1. The van der Waals surface area contributed by atoms with Crippen molar-refractivity contribution >= 4 is 33.4 Å². The lowest BCUT2D eigenvalue weighted by Gasteiger charge is -2.19. The van der Waals surface area contributed by atoms with Crippen molar-refractivity contribution in [3.05, 3.63) is 59.9 Å². The topological polar surface area (TPSA) is 139 Å². The molecule has 0 spiro atoms. The van der Waals surface area contributed by atoms with Crippen molar-refractivity contribution in [3.63, 3.8) is 0 Å². The number of H-pyrrole nitrogens is 1. The molecule has 0 bridgehead atoms. The Kier molecular flexibility index (Phi) is 5.12. The van der Waals surface area contributed by atoms with E-state index in [0.29, 0.717) is 40.0 Å². The van der Waals surface area contributed by atoms with E-state index in [-0.39, 0.29) is 17.4 Å². The standard InChI is InChI=1S/C24H24N8O2/c1-4-21-26-10-14(32(21)3)12-31(2)24(34)22-16-9-15(33)5-6-19(16)28-23(29-22)13-7-18(25)17-11-27-30-20(17)8-13/h5-11,33H,4,12,25H2,1-3H3,(H,27,30). The van der Waals surface area contributed by atoms with E-state index < -0.39 is 0 Å². The Morgan fingerprint density at radius 1 is 1.18 bits per heavy atom. The summed E-state index contributed by atoms with van der Waals surface area (Å²) < 4.78 is 1.99. The van der Waals surface area contributed by atoms with E-state index in [4.69, 9.17) is 5.73 Å².